The smallest absolute Gasteiger partial charge is 0.320 e. The minimum Gasteiger partial charge on any atom is -0.496 e. The first kappa shape index (κ1) is 16.0. The molecular formula is C14H20BrNO3. The van der Waals surface area contributed by atoms with Gasteiger partial charge < -0.3 is 14.8 Å². The Balaban J connectivity index is 2.49. The second-order valence-electron chi connectivity index (χ2n) is 5.15. The first-order valence-corrected chi connectivity index (χ1v) is 6.86. The Hall–Kier alpha value is -1.07. The number of hydrogen-bond donors (Lipinski definition) is 1. The average molecular weight is 330 g/mol. The number of ether oxygens (including phenoxy) is 2. The van der Waals surface area contributed by atoms with Crippen molar-refractivity contribution in [2.75, 3.05) is 13.7 Å². The van der Waals surface area contributed by atoms with E-state index >= 15 is 0 Å². The van der Waals surface area contributed by atoms with Crippen LogP contribution >= 0.6 is 15.9 Å². The molecule has 0 aromatic heterocycles. The van der Waals surface area contributed by atoms with Crippen LogP contribution in [0.4, 0.5) is 0 Å². The van der Waals surface area contributed by atoms with E-state index in [-0.39, 0.29) is 12.5 Å². The van der Waals surface area contributed by atoms with E-state index < -0.39 is 5.60 Å². The molecule has 0 fully saturated rings. The molecule has 0 radical (unpaired) electrons. The summed E-state index contributed by atoms with van der Waals surface area (Å²) in [6, 6.07) is 5.76. The highest BCUT2D eigenvalue weighted by atomic mass is 79.9. The molecule has 1 aromatic rings. The number of rotatable bonds is 5. The molecule has 0 bridgehead atoms. The van der Waals surface area contributed by atoms with E-state index in [1.807, 2.05) is 39.0 Å². The lowest BCUT2D eigenvalue weighted by atomic mass is 10.2. The van der Waals surface area contributed by atoms with Crippen molar-refractivity contribution in [3.8, 4) is 5.75 Å². The van der Waals surface area contributed by atoms with E-state index in [1.165, 1.54) is 0 Å². The summed E-state index contributed by atoms with van der Waals surface area (Å²) in [4.78, 5) is 11.5. The highest BCUT2D eigenvalue weighted by molar-refractivity contribution is 9.10. The number of carbonyl (C=O) groups excluding carboxylic acids is 1. The summed E-state index contributed by atoms with van der Waals surface area (Å²) < 4.78 is 11.4. The van der Waals surface area contributed by atoms with E-state index in [1.54, 1.807) is 7.11 Å². The molecule has 1 rings (SSSR count). The van der Waals surface area contributed by atoms with Crippen molar-refractivity contribution < 1.29 is 14.3 Å². The molecule has 0 saturated heterocycles. The summed E-state index contributed by atoms with van der Waals surface area (Å²) in [5, 5.41) is 3.05. The molecule has 1 aromatic carbocycles. The zero-order valence-electron chi connectivity index (χ0n) is 11.7. The van der Waals surface area contributed by atoms with Gasteiger partial charge in [0, 0.05) is 16.6 Å². The molecular weight excluding hydrogens is 310 g/mol. The minimum atomic E-state index is -0.452. The van der Waals surface area contributed by atoms with Crippen molar-refractivity contribution in [2.45, 2.75) is 32.9 Å². The number of hydrogen-bond acceptors (Lipinski definition) is 4. The normalized spacial score (nSPS) is 11.2. The molecule has 0 heterocycles. The molecule has 0 aliphatic heterocycles. The number of methoxy groups -OCH3 is 1. The van der Waals surface area contributed by atoms with Gasteiger partial charge in [0.05, 0.1) is 13.7 Å². The van der Waals surface area contributed by atoms with Crippen molar-refractivity contribution >= 4 is 21.9 Å². The molecule has 0 spiro atoms. The Kier molecular flexibility index (Phi) is 5.82. The van der Waals surface area contributed by atoms with Gasteiger partial charge >= 0.3 is 5.97 Å². The highest BCUT2D eigenvalue weighted by Crippen LogP contribution is 2.22. The molecule has 106 valence electrons. The molecule has 19 heavy (non-hydrogen) atoms. The van der Waals surface area contributed by atoms with Gasteiger partial charge in [-0.2, -0.15) is 0 Å². The lowest BCUT2D eigenvalue weighted by molar-refractivity contribution is -0.153. The van der Waals surface area contributed by atoms with Crippen LogP contribution < -0.4 is 10.1 Å². The molecule has 0 aliphatic carbocycles. The number of benzene rings is 1. The van der Waals surface area contributed by atoms with Crippen LogP contribution in [0.5, 0.6) is 5.75 Å². The second kappa shape index (κ2) is 6.91. The molecule has 5 heteroatoms. The van der Waals surface area contributed by atoms with Gasteiger partial charge in [-0.1, -0.05) is 15.9 Å². The zero-order valence-corrected chi connectivity index (χ0v) is 13.3. The summed E-state index contributed by atoms with van der Waals surface area (Å²) in [7, 11) is 1.63. The minimum absolute atomic E-state index is 0.174. The van der Waals surface area contributed by atoms with Crippen LogP contribution in [0.2, 0.25) is 0 Å². The van der Waals surface area contributed by atoms with Crippen LogP contribution in [0.1, 0.15) is 26.3 Å². The first-order chi connectivity index (χ1) is 8.81. The van der Waals surface area contributed by atoms with Crippen LogP contribution in [0.25, 0.3) is 0 Å². The van der Waals surface area contributed by atoms with Crippen LogP contribution in [0.3, 0.4) is 0 Å². The number of halogens is 1. The Morgan fingerprint density at radius 3 is 2.63 bits per heavy atom. The first-order valence-electron chi connectivity index (χ1n) is 6.07. The fraction of sp³-hybridized carbons (Fsp3) is 0.500. The van der Waals surface area contributed by atoms with Crippen molar-refractivity contribution in [1.82, 2.24) is 5.32 Å². The summed E-state index contributed by atoms with van der Waals surface area (Å²) in [6.07, 6.45) is 0. The molecule has 0 amide bonds. The topological polar surface area (TPSA) is 47.6 Å². The van der Waals surface area contributed by atoms with Gasteiger partial charge in [0.2, 0.25) is 0 Å². The van der Waals surface area contributed by atoms with Crippen LogP contribution in [0.15, 0.2) is 22.7 Å². The Morgan fingerprint density at radius 2 is 2.05 bits per heavy atom. The summed E-state index contributed by atoms with van der Waals surface area (Å²) in [5.74, 6) is 0.529. The van der Waals surface area contributed by atoms with Crippen LogP contribution in [-0.4, -0.2) is 25.2 Å². The molecule has 0 aliphatic rings. The maximum atomic E-state index is 11.5. The quantitative estimate of drug-likeness (QED) is 0.844. The van der Waals surface area contributed by atoms with Gasteiger partial charge in [-0.3, -0.25) is 4.79 Å². The van der Waals surface area contributed by atoms with E-state index in [9.17, 15) is 4.79 Å². The van der Waals surface area contributed by atoms with Crippen molar-refractivity contribution in [2.24, 2.45) is 0 Å². The van der Waals surface area contributed by atoms with Gasteiger partial charge in [0.1, 0.15) is 11.4 Å². The maximum absolute atomic E-state index is 11.5. The van der Waals surface area contributed by atoms with Crippen molar-refractivity contribution in [3.63, 3.8) is 0 Å². The van der Waals surface area contributed by atoms with Crippen molar-refractivity contribution in [3.05, 3.63) is 28.2 Å². The van der Waals surface area contributed by atoms with Gasteiger partial charge in [0.15, 0.2) is 0 Å². The monoisotopic (exact) mass is 329 g/mol. The maximum Gasteiger partial charge on any atom is 0.320 e. The SMILES string of the molecule is COc1ccc(Br)cc1CNCC(=O)OC(C)(C)C. The molecule has 0 saturated carbocycles. The zero-order chi connectivity index (χ0) is 14.5. The summed E-state index contributed by atoms with van der Waals surface area (Å²) in [6.45, 7) is 6.27. The number of esters is 1. The molecule has 0 unspecified atom stereocenters. The fourth-order valence-corrected chi connectivity index (χ4v) is 1.97. The van der Waals surface area contributed by atoms with E-state index in [4.69, 9.17) is 9.47 Å². The lowest BCUT2D eigenvalue weighted by Crippen LogP contribution is -2.31. The van der Waals surface area contributed by atoms with Crippen molar-refractivity contribution in [1.29, 1.82) is 0 Å². The van der Waals surface area contributed by atoms with Gasteiger partial charge in [0.25, 0.3) is 0 Å². The third-order valence-corrected chi connectivity index (χ3v) is 2.74. The standard InChI is InChI=1S/C14H20BrNO3/c1-14(2,3)19-13(17)9-16-8-10-7-11(15)5-6-12(10)18-4/h5-7,16H,8-9H2,1-4H3. The third-order valence-electron chi connectivity index (χ3n) is 2.25. The number of nitrogens with one attached hydrogen (secondary N) is 1. The Morgan fingerprint density at radius 1 is 1.37 bits per heavy atom. The fourth-order valence-electron chi connectivity index (χ4n) is 1.56. The predicted molar refractivity (Wildman–Crippen MR) is 78.2 cm³/mol. The number of carbonyl (C=O) groups is 1. The van der Waals surface area contributed by atoms with Gasteiger partial charge in [-0.05, 0) is 39.0 Å². The molecule has 0 atom stereocenters. The summed E-state index contributed by atoms with van der Waals surface area (Å²) >= 11 is 3.41. The average Bonchev–Trinajstić information content (AvgIpc) is 2.27. The van der Waals surface area contributed by atoms with Crippen LogP contribution in [0, 0.1) is 0 Å². The lowest BCUT2D eigenvalue weighted by Gasteiger charge is -2.19. The van der Waals surface area contributed by atoms with E-state index in [0.717, 1.165) is 15.8 Å². The highest BCUT2D eigenvalue weighted by Gasteiger charge is 2.15. The largest absolute Gasteiger partial charge is 0.496 e. The van der Waals surface area contributed by atoms with Crippen LogP contribution in [-0.2, 0) is 16.1 Å². The van der Waals surface area contributed by atoms with E-state index in [2.05, 4.69) is 21.2 Å². The van der Waals surface area contributed by atoms with E-state index in [0.29, 0.717) is 6.54 Å². The van der Waals surface area contributed by atoms with Gasteiger partial charge in [-0.15, -0.1) is 0 Å². The Bertz CT molecular complexity index is 441. The molecule has 1 N–H and O–H groups in total. The predicted octanol–water partition coefficient (Wildman–Crippen LogP) is 2.89. The Labute approximate surface area is 122 Å². The second-order valence-corrected chi connectivity index (χ2v) is 6.06. The third kappa shape index (κ3) is 6.07. The van der Waals surface area contributed by atoms with Gasteiger partial charge in [-0.25, -0.2) is 0 Å². The molecule has 4 nitrogen and oxygen atoms in total. The summed E-state index contributed by atoms with van der Waals surface area (Å²) in [5.41, 5.74) is 0.534.